The summed E-state index contributed by atoms with van der Waals surface area (Å²) in [6.07, 6.45) is 3.07. The summed E-state index contributed by atoms with van der Waals surface area (Å²) in [6, 6.07) is 20.0. The fourth-order valence-electron chi connectivity index (χ4n) is 5.06. The van der Waals surface area contributed by atoms with Gasteiger partial charge in [0.15, 0.2) is 6.23 Å². The molecule has 3 heteroatoms. The fraction of sp³-hybridized carbons (Fsp3) is 0.480. The molecule has 148 valence electrons. The van der Waals surface area contributed by atoms with Gasteiger partial charge in [-0.2, -0.15) is 0 Å². The summed E-state index contributed by atoms with van der Waals surface area (Å²) < 4.78 is 6.57. The minimum atomic E-state index is -0.538. The van der Waals surface area contributed by atoms with Gasteiger partial charge in [0.25, 0.3) is 0 Å². The molecule has 2 fully saturated rings. The number of carbonyl (C=O) groups excluding carboxylic acids is 1. The molecule has 4 atom stereocenters. The highest BCUT2D eigenvalue weighted by Gasteiger charge is 2.52. The standard InChI is InChI=1S/C25H31NO2/c1-18-14-15-21-22(16-18)28-24(23(27)20-12-8-5-9-13-20)26(25(21,2)3)17-19-10-6-4-7-11-19/h4-13,18,21-22,24H,14-17H2,1-3H3. The van der Waals surface area contributed by atoms with E-state index >= 15 is 0 Å². The first-order chi connectivity index (χ1) is 13.5. The lowest BCUT2D eigenvalue weighted by Gasteiger charge is -2.56. The van der Waals surface area contributed by atoms with E-state index in [1.807, 2.05) is 36.4 Å². The number of hydrogen-bond acceptors (Lipinski definition) is 3. The molecule has 2 aliphatic rings. The van der Waals surface area contributed by atoms with E-state index in [4.69, 9.17) is 4.74 Å². The molecule has 0 N–H and O–H groups in total. The van der Waals surface area contributed by atoms with Crippen LogP contribution in [0.2, 0.25) is 0 Å². The van der Waals surface area contributed by atoms with Crippen LogP contribution in [-0.4, -0.2) is 28.6 Å². The molecule has 1 aliphatic heterocycles. The van der Waals surface area contributed by atoms with Gasteiger partial charge in [0.05, 0.1) is 6.10 Å². The van der Waals surface area contributed by atoms with E-state index in [0.717, 1.165) is 24.9 Å². The molecule has 3 nitrogen and oxygen atoms in total. The fourth-order valence-corrected chi connectivity index (χ4v) is 5.06. The summed E-state index contributed by atoms with van der Waals surface area (Å²) in [5, 5.41) is 0. The van der Waals surface area contributed by atoms with Gasteiger partial charge in [-0.1, -0.05) is 74.0 Å². The van der Waals surface area contributed by atoms with Gasteiger partial charge in [-0.3, -0.25) is 9.69 Å². The van der Waals surface area contributed by atoms with Crippen LogP contribution >= 0.6 is 0 Å². The van der Waals surface area contributed by atoms with Crippen LogP contribution in [0, 0.1) is 11.8 Å². The Morgan fingerprint density at radius 1 is 1.04 bits per heavy atom. The third kappa shape index (κ3) is 3.66. The van der Waals surface area contributed by atoms with Crippen LogP contribution in [0.4, 0.5) is 0 Å². The van der Waals surface area contributed by atoms with E-state index < -0.39 is 6.23 Å². The summed E-state index contributed by atoms with van der Waals surface area (Å²) in [6.45, 7) is 7.63. The van der Waals surface area contributed by atoms with E-state index in [1.54, 1.807) is 0 Å². The lowest BCUT2D eigenvalue weighted by Crippen LogP contribution is -2.66. The minimum Gasteiger partial charge on any atom is -0.352 e. The molecule has 1 saturated heterocycles. The zero-order valence-corrected chi connectivity index (χ0v) is 17.2. The maximum atomic E-state index is 13.5. The number of hydrogen-bond donors (Lipinski definition) is 0. The van der Waals surface area contributed by atoms with Crippen molar-refractivity contribution in [3.05, 3.63) is 71.8 Å². The molecule has 0 spiro atoms. The molecule has 0 bridgehead atoms. The zero-order chi connectivity index (χ0) is 19.7. The Kier molecular flexibility index (Phi) is 5.39. The number of benzene rings is 2. The van der Waals surface area contributed by atoms with Gasteiger partial charge >= 0.3 is 0 Å². The van der Waals surface area contributed by atoms with Gasteiger partial charge in [-0.15, -0.1) is 0 Å². The average molecular weight is 378 g/mol. The van der Waals surface area contributed by atoms with Gasteiger partial charge in [-0.25, -0.2) is 0 Å². The van der Waals surface area contributed by atoms with Gasteiger partial charge in [0.1, 0.15) is 0 Å². The Morgan fingerprint density at radius 3 is 2.36 bits per heavy atom. The van der Waals surface area contributed by atoms with Crippen molar-refractivity contribution in [2.75, 3.05) is 0 Å². The number of carbonyl (C=O) groups is 1. The molecule has 0 radical (unpaired) electrons. The predicted octanol–water partition coefficient (Wildman–Crippen LogP) is 5.31. The number of Topliss-reactive ketones (excluding diaryl/α,β-unsaturated/α-hetero) is 1. The van der Waals surface area contributed by atoms with Crippen LogP contribution in [0.3, 0.4) is 0 Å². The van der Waals surface area contributed by atoms with Crippen LogP contribution in [0.15, 0.2) is 60.7 Å². The number of ether oxygens (including phenoxy) is 1. The van der Waals surface area contributed by atoms with Crippen LogP contribution in [-0.2, 0) is 11.3 Å². The van der Waals surface area contributed by atoms with Crippen molar-refractivity contribution in [1.29, 1.82) is 0 Å². The average Bonchev–Trinajstić information content (AvgIpc) is 2.70. The van der Waals surface area contributed by atoms with Crippen LogP contribution in [0.25, 0.3) is 0 Å². The normalized spacial score (nSPS) is 29.8. The van der Waals surface area contributed by atoms with Gasteiger partial charge in [0.2, 0.25) is 5.78 Å². The summed E-state index contributed by atoms with van der Waals surface area (Å²) in [5.41, 5.74) is 1.84. The van der Waals surface area contributed by atoms with Crippen LogP contribution in [0.1, 0.15) is 56.0 Å². The van der Waals surface area contributed by atoms with Crippen molar-refractivity contribution in [3.63, 3.8) is 0 Å². The van der Waals surface area contributed by atoms with Gasteiger partial charge < -0.3 is 4.74 Å². The number of rotatable bonds is 4. The first kappa shape index (κ1) is 19.4. The quantitative estimate of drug-likeness (QED) is 0.676. The molecule has 0 aromatic heterocycles. The number of fused-ring (bicyclic) bond motifs is 1. The highest BCUT2D eigenvalue weighted by molar-refractivity contribution is 5.99. The summed E-state index contributed by atoms with van der Waals surface area (Å²) in [4.78, 5) is 15.8. The molecule has 2 aromatic carbocycles. The molecule has 1 aliphatic carbocycles. The van der Waals surface area contributed by atoms with E-state index in [2.05, 4.69) is 49.9 Å². The predicted molar refractivity (Wildman–Crippen MR) is 112 cm³/mol. The maximum Gasteiger partial charge on any atom is 0.206 e. The first-order valence-electron chi connectivity index (χ1n) is 10.5. The second-order valence-corrected chi connectivity index (χ2v) is 9.05. The monoisotopic (exact) mass is 377 g/mol. The first-order valence-corrected chi connectivity index (χ1v) is 10.5. The van der Waals surface area contributed by atoms with Gasteiger partial charge in [-0.05, 0) is 38.2 Å². The van der Waals surface area contributed by atoms with Crippen LogP contribution in [0.5, 0.6) is 0 Å². The van der Waals surface area contributed by atoms with Crippen molar-refractivity contribution in [2.24, 2.45) is 11.8 Å². The molecule has 4 unspecified atom stereocenters. The third-order valence-electron chi connectivity index (χ3n) is 6.77. The Hall–Kier alpha value is -1.97. The van der Waals surface area contributed by atoms with E-state index in [1.165, 1.54) is 12.0 Å². The molecule has 28 heavy (non-hydrogen) atoms. The molecule has 4 rings (SSSR count). The molecule has 0 amide bonds. The second kappa shape index (κ2) is 7.81. The van der Waals surface area contributed by atoms with Crippen molar-refractivity contribution < 1.29 is 9.53 Å². The summed E-state index contributed by atoms with van der Waals surface area (Å²) in [5.74, 6) is 1.18. The third-order valence-corrected chi connectivity index (χ3v) is 6.77. The molecule has 2 aromatic rings. The SMILES string of the molecule is CC1CCC2C(C1)OC(C(=O)c1ccccc1)N(Cc1ccccc1)C2(C)C. The number of ketones is 1. The van der Waals surface area contributed by atoms with E-state index in [-0.39, 0.29) is 17.4 Å². The Morgan fingerprint density at radius 2 is 1.68 bits per heavy atom. The lowest BCUT2D eigenvalue weighted by atomic mass is 9.69. The molecule has 1 heterocycles. The Labute approximate surface area is 168 Å². The smallest absolute Gasteiger partial charge is 0.206 e. The molecular formula is C25H31NO2. The number of nitrogens with zero attached hydrogens (tertiary/aromatic N) is 1. The zero-order valence-electron chi connectivity index (χ0n) is 17.2. The van der Waals surface area contributed by atoms with Crippen molar-refractivity contribution in [2.45, 2.75) is 64.4 Å². The van der Waals surface area contributed by atoms with Crippen LogP contribution < -0.4 is 0 Å². The van der Waals surface area contributed by atoms with E-state index in [0.29, 0.717) is 11.8 Å². The topological polar surface area (TPSA) is 29.5 Å². The van der Waals surface area contributed by atoms with Gasteiger partial charge in [0, 0.05) is 23.6 Å². The Bertz CT molecular complexity index is 802. The summed E-state index contributed by atoms with van der Waals surface area (Å²) >= 11 is 0. The molecular weight excluding hydrogens is 346 g/mol. The van der Waals surface area contributed by atoms with Crippen molar-refractivity contribution in [1.82, 2.24) is 4.90 Å². The van der Waals surface area contributed by atoms with Crippen molar-refractivity contribution in [3.8, 4) is 0 Å². The molecule has 1 saturated carbocycles. The van der Waals surface area contributed by atoms with E-state index in [9.17, 15) is 4.79 Å². The largest absolute Gasteiger partial charge is 0.352 e. The maximum absolute atomic E-state index is 13.5. The summed E-state index contributed by atoms with van der Waals surface area (Å²) in [7, 11) is 0. The lowest BCUT2D eigenvalue weighted by molar-refractivity contribution is -0.217. The highest BCUT2D eigenvalue weighted by atomic mass is 16.5. The second-order valence-electron chi connectivity index (χ2n) is 9.05. The minimum absolute atomic E-state index is 0.0706. The Balaban J connectivity index is 1.70. The highest BCUT2D eigenvalue weighted by Crippen LogP contribution is 2.46. The van der Waals surface area contributed by atoms with Crippen molar-refractivity contribution >= 4 is 5.78 Å².